The molecule has 0 radical (unpaired) electrons. The molecule has 2 saturated heterocycles. The van der Waals surface area contributed by atoms with Crippen molar-refractivity contribution < 1.29 is 4.79 Å². The zero-order valence-corrected chi connectivity index (χ0v) is 15.8. The first-order chi connectivity index (χ1) is 12.8. The minimum atomic E-state index is 0.235. The van der Waals surface area contributed by atoms with E-state index in [0.29, 0.717) is 11.8 Å². The van der Waals surface area contributed by atoms with Crippen molar-refractivity contribution in [3.63, 3.8) is 0 Å². The molecule has 1 aromatic rings. The Hall–Kier alpha value is -1.55. The Kier molecular flexibility index (Phi) is 4.39. The van der Waals surface area contributed by atoms with Crippen LogP contribution in [0.3, 0.4) is 0 Å². The van der Waals surface area contributed by atoms with Gasteiger partial charge in [0.15, 0.2) is 0 Å². The Balaban J connectivity index is 1.18. The molecule has 4 aliphatic rings. The molecule has 4 fully saturated rings. The predicted molar refractivity (Wildman–Crippen MR) is 105 cm³/mol. The van der Waals surface area contributed by atoms with E-state index in [1.54, 1.807) is 0 Å². The summed E-state index contributed by atoms with van der Waals surface area (Å²) < 4.78 is 0. The maximum Gasteiger partial charge on any atom is 0.226 e. The van der Waals surface area contributed by atoms with Crippen molar-refractivity contribution in [1.29, 1.82) is 0 Å². The fourth-order valence-electron chi connectivity index (χ4n) is 5.06. The Morgan fingerprint density at radius 2 is 1.69 bits per heavy atom. The Morgan fingerprint density at radius 1 is 0.923 bits per heavy atom. The van der Waals surface area contributed by atoms with E-state index in [1.165, 1.54) is 56.4 Å². The van der Waals surface area contributed by atoms with Crippen LogP contribution in [0, 0.1) is 5.92 Å². The molecule has 0 unspecified atom stereocenters. The SMILES string of the molecule is O=C([C@@H]1C[C@H]1c1cccc(N2CCCC2)c1)N1CCN(C2CCC2)CC1. The summed E-state index contributed by atoms with van der Waals surface area (Å²) in [5, 5.41) is 0. The number of hydrogen-bond donors (Lipinski definition) is 0. The summed E-state index contributed by atoms with van der Waals surface area (Å²) >= 11 is 0. The molecular weight excluding hydrogens is 322 g/mol. The molecule has 140 valence electrons. The van der Waals surface area contributed by atoms with Gasteiger partial charge in [-0.1, -0.05) is 18.6 Å². The van der Waals surface area contributed by atoms with E-state index in [2.05, 4.69) is 39.0 Å². The number of piperazine rings is 1. The fourth-order valence-corrected chi connectivity index (χ4v) is 5.06. The molecule has 4 heteroatoms. The average Bonchev–Trinajstić information content (AvgIpc) is 3.25. The fraction of sp³-hybridized carbons (Fsp3) is 0.682. The van der Waals surface area contributed by atoms with Crippen molar-refractivity contribution >= 4 is 11.6 Å². The van der Waals surface area contributed by atoms with E-state index in [0.717, 1.165) is 38.6 Å². The lowest BCUT2D eigenvalue weighted by Crippen LogP contribution is -2.53. The summed E-state index contributed by atoms with van der Waals surface area (Å²) in [4.78, 5) is 20.2. The maximum absolute atomic E-state index is 12.9. The molecule has 2 heterocycles. The molecule has 26 heavy (non-hydrogen) atoms. The molecule has 1 aromatic carbocycles. The van der Waals surface area contributed by atoms with Crippen LogP contribution in [-0.4, -0.2) is 61.0 Å². The topological polar surface area (TPSA) is 26.8 Å². The van der Waals surface area contributed by atoms with Gasteiger partial charge >= 0.3 is 0 Å². The van der Waals surface area contributed by atoms with Crippen LogP contribution in [0.1, 0.15) is 50.0 Å². The summed E-state index contributed by atoms with van der Waals surface area (Å²) in [5.74, 6) is 1.10. The van der Waals surface area contributed by atoms with Gasteiger partial charge in [-0.15, -0.1) is 0 Å². The van der Waals surface area contributed by atoms with Crippen LogP contribution in [0.5, 0.6) is 0 Å². The summed E-state index contributed by atoms with van der Waals surface area (Å²) in [6.45, 7) is 6.40. The molecule has 4 nitrogen and oxygen atoms in total. The van der Waals surface area contributed by atoms with Gasteiger partial charge in [-0.3, -0.25) is 9.69 Å². The van der Waals surface area contributed by atoms with E-state index >= 15 is 0 Å². The number of hydrogen-bond acceptors (Lipinski definition) is 3. The number of carbonyl (C=O) groups excluding carboxylic acids is 1. The van der Waals surface area contributed by atoms with Gasteiger partial charge in [0.1, 0.15) is 0 Å². The average molecular weight is 354 g/mol. The Labute approximate surface area is 157 Å². The molecule has 0 N–H and O–H groups in total. The van der Waals surface area contributed by atoms with Crippen molar-refractivity contribution in [2.45, 2.75) is 50.5 Å². The van der Waals surface area contributed by atoms with Crippen LogP contribution in [0.15, 0.2) is 24.3 Å². The highest BCUT2D eigenvalue weighted by Crippen LogP contribution is 2.49. The van der Waals surface area contributed by atoms with E-state index < -0.39 is 0 Å². The number of rotatable bonds is 4. The molecule has 0 aromatic heterocycles. The van der Waals surface area contributed by atoms with E-state index in [-0.39, 0.29) is 5.92 Å². The minimum Gasteiger partial charge on any atom is -0.372 e. The van der Waals surface area contributed by atoms with Crippen LogP contribution in [0.25, 0.3) is 0 Å². The second-order valence-electron chi connectivity index (χ2n) is 8.68. The smallest absolute Gasteiger partial charge is 0.226 e. The summed E-state index contributed by atoms with van der Waals surface area (Å²) in [6, 6.07) is 9.80. The van der Waals surface area contributed by atoms with Gasteiger partial charge in [-0.25, -0.2) is 0 Å². The molecule has 2 saturated carbocycles. The quantitative estimate of drug-likeness (QED) is 0.832. The molecule has 5 rings (SSSR count). The number of anilines is 1. The number of benzene rings is 1. The summed E-state index contributed by atoms with van der Waals surface area (Å²) in [5.41, 5.74) is 2.73. The lowest BCUT2D eigenvalue weighted by atomic mass is 9.91. The maximum atomic E-state index is 12.9. The van der Waals surface area contributed by atoms with Gasteiger partial charge in [0.05, 0.1) is 0 Å². The first kappa shape index (κ1) is 16.6. The van der Waals surface area contributed by atoms with Crippen LogP contribution in [-0.2, 0) is 4.79 Å². The van der Waals surface area contributed by atoms with Crippen molar-refractivity contribution in [2.24, 2.45) is 5.92 Å². The molecule has 2 aliphatic heterocycles. The Bertz CT molecular complexity index is 657. The third-order valence-electron chi connectivity index (χ3n) is 7.09. The lowest BCUT2D eigenvalue weighted by Gasteiger charge is -2.43. The number of nitrogens with zero attached hydrogens (tertiary/aromatic N) is 3. The van der Waals surface area contributed by atoms with E-state index in [1.807, 2.05) is 0 Å². The standard InChI is InChI=1S/C22H31N3O/c26-22(25-13-11-24(12-14-25)18-6-4-7-18)21-16-20(21)17-5-3-8-19(15-17)23-9-1-2-10-23/h3,5,8,15,18,20-21H,1-2,4,6-7,9-14,16H2/t20-,21+/m0/s1. The van der Waals surface area contributed by atoms with Crippen LogP contribution in [0.4, 0.5) is 5.69 Å². The second kappa shape index (κ2) is 6.88. The predicted octanol–water partition coefficient (Wildman–Crippen LogP) is 3.09. The normalized spacial score (nSPS) is 29.7. The first-order valence-corrected chi connectivity index (χ1v) is 10.7. The molecule has 1 amide bonds. The highest BCUT2D eigenvalue weighted by Gasteiger charge is 2.46. The summed E-state index contributed by atoms with van der Waals surface area (Å²) in [7, 11) is 0. The van der Waals surface area contributed by atoms with Gasteiger partial charge in [0.25, 0.3) is 0 Å². The molecule has 0 spiro atoms. The third kappa shape index (κ3) is 3.13. The first-order valence-electron chi connectivity index (χ1n) is 10.7. The summed E-state index contributed by atoms with van der Waals surface area (Å²) in [6.07, 6.45) is 7.79. The van der Waals surface area contributed by atoms with E-state index in [9.17, 15) is 4.79 Å². The monoisotopic (exact) mass is 353 g/mol. The highest BCUT2D eigenvalue weighted by atomic mass is 16.2. The highest BCUT2D eigenvalue weighted by molar-refractivity contribution is 5.83. The third-order valence-corrected chi connectivity index (χ3v) is 7.09. The molecule has 2 atom stereocenters. The van der Waals surface area contributed by atoms with Crippen LogP contribution < -0.4 is 4.90 Å². The van der Waals surface area contributed by atoms with E-state index in [4.69, 9.17) is 0 Å². The van der Waals surface area contributed by atoms with Crippen molar-refractivity contribution in [3.05, 3.63) is 29.8 Å². The zero-order valence-electron chi connectivity index (χ0n) is 15.8. The van der Waals surface area contributed by atoms with Gasteiger partial charge < -0.3 is 9.80 Å². The lowest BCUT2D eigenvalue weighted by molar-refractivity contribution is -0.135. The number of amides is 1. The molecule has 2 aliphatic carbocycles. The largest absolute Gasteiger partial charge is 0.372 e. The Morgan fingerprint density at radius 3 is 2.38 bits per heavy atom. The van der Waals surface area contributed by atoms with Crippen molar-refractivity contribution in [3.8, 4) is 0 Å². The van der Waals surface area contributed by atoms with Gasteiger partial charge in [-0.2, -0.15) is 0 Å². The second-order valence-corrected chi connectivity index (χ2v) is 8.68. The zero-order chi connectivity index (χ0) is 17.5. The van der Waals surface area contributed by atoms with Crippen LogP contribution in [0.2, 0.25) is 0 Å². The van der Waals surface area contributed by atoms with Crippen LogP contribution >= 0.6 is 0 Å². The molecular formula is C22H31N3O. The van der Waals surface area contributed by atoms with Gasteiger partial charge in [0, 0.05) is 56.9 Å². The number of carbonyl (C=O) groups is 1. The van der Waals surface area contributed by atoms with Gasteiger partial charge in [-0.05, 0) is 55.7 Å². The molecule has 0 bridgehead atoms. The minimum absolute atomic E-state index is 0.235. The van der Waals surface area contributed by atoms with Gasteiger partial charge in [0.2, 0.25) is 5.91 Å². The van der Waals surface area contributed by atoms with Crippen molar-refractivity contribution in [2.75, 3.05) is 44.2 Å². The van der Waals surface area contributed by atoms with Crippen molar-refractivity contribution in [1.82, 2.24) is 9.80 Å².